The van der Waals surface area contributed by atoms with Crippen LogP contribution in [0, 0.1) is 16.7 Å². The Morgan fingerprint density at radius 1 is 1.05 bits per heavy atom. The van der Waals surface area contributed by atoms with Crippen LogP contribution in [-0.4, -0.2) is 16.7 Å². The summed E-state index contributed by atoms with van der Waals surface area (Å²) >= 11 is 0. The van der Waals surface area contributed by atoms with Crippen LogP contribution in [0.1, 0.15) is 50.1 Å². The maximum atomic E-state index is 12.5. The fraction of sp³-hybridized carbons (Fsp3) is 0.471. The number of hydrogen-bond donors (Lipinski definition) is 0. The number of rotatable bonds is 2. The van der Waals surface area contributed by atoms with Gasteiger partial charge in [-0.2, -0.15) is 5.26 Å². The van der Waals surface area contributed by atoms with E-state index >= 15 is 0 Å². The summed E-state index contributed by atoms with van der Waals surface area (Å²) in [5.74, 6) is -0.382. The van der Waals surface area contributed by atoms with Crippen molar-refractivity contribution in [2.75, 3.05) is 0 Å². The fourth-order valence-electron chi connectivity index (χ4n) is 3.70. The quantitative estimate of drug-likeness (QED) is 0.783. The highest BCUT2D eigenvalue weighted by atomic mass is 16.2. The zero-order chi connectivity index (χ0) is 14.9. The smallest absolute Gasteiger partial charge is 0.231 e. The topological polar surface area (TPSA) is 61.2 Å². The maximum absolute atomic E-state index is 12.5. The van der Waals surface area contributed by atoms with E-state index in [0.29, 0.717) is 18.4 Å². The molecule has 1 saturated heterocycles. The van der Waals surface area contributed by atoms with Crippen molar-refractivity contribution in [1.29, 1.82) is 5.26 Å². The molecule has 1 atom stereocenters. The Labute approximate surface area is 124 Å². The molecule has 1 unspecified atom stereocenters. The first-order valence-electron chi connectivity index (χ1n) is 7.45. The Bertz CT molecular complexity index is 577. The van der Waals surface area contributed by atoms with Gasteiger partial charge < -0.3 is 0 Å². The molecule has 1 aliphatic heterocycles. The van der Waals surface area contributed by atoms with Gasteiger partial charge in [-0.3, -0.25) is 14.5 Å². The van der Waals surface area contributed by atoms with Crippen LogP contribution in [0.4, 0.5) is 0 Å². The molecule has 108 valence electrons. The molecule has 0 aromatic heterocycles. The Morgan fingerprint density at radius 3 is 2.14 bits per heavy atom. The number of carbonyl (C=O) groups is 2. The summed E-state index contributed by atoms with van der Waals surface area (Å²) < 4.78 is 0. The molecule has 0 radical (unpaired) electrons. The van der Waals surface area contributed by atoms with Crippen molar-refractivity contribution in [3.8, 4) is 6.07 Å². The minimum Gasteiger partial charge on any atom is -0.274 e. The molecule has 3 rings (SSSR count). The number of hydrogen-bond acceptors (Lipinski definition) is 3. The monoisotopic (exact) mass is 282 g/mol. The van der Waals surface area contributed by atoms with Crippen LogP contribution in [0.5, 0.6) is 0 Å². The second kappa shape index (κ2) is 5.33. The van der Waals surface area contributed by atoms with Gasteiger partial charge in [-0.05, 0) is 23.8 Å². The number of imide groups is 1. The van der Waals surface area contributed by atoms with Crippen LogP contribution < -0.4 is 0 Å². The van der Waals surface area contributed by atoms with E-state index in [4.69, 9.17) is 0 Å². The van der Waals surface area contributed by atoms with Crippen LogP contribution in [0.15, 0.2) is 30.3 Å². The van der Waals surface area contributed by atoms with Crippen molar-refractivity contribution < 1.29 is 9.59 Å². The molecule has 2 fully saturated rings. The molecule has 4 nitrogen and oxygen atoms in total. The maximum Gasteiger partial charge on any atom is 0.231 e. The number of carbonyl (C=O) groups excluding carboxylic acids is 2. The highest BCUT2D eigenvalue weighted by molar-refractivity contribution is 5.99. The van der Waals surface area contributed by atoms with Crippen molar-refractivity contribution >= 4 is 11.8 Å². The predicted molar refractivity (Wildman–Crippen MR) is 76.8 cm³/mol. The van der Waals surface area contributed by atoms with Crippen molar-refractivity contribution in [2.24, 2.45) is 5.41 Å². The van der Waals surface area contributed by atoms with E-state index in [0.717, 1.165) is 25.7 Å². The van der Waals surface area contributed by atoms with Crippen molar-refractivity contribution in [3.05, 3.63) is 35.9 Å². The summed E-state index contributed by atoms with van der Waals surface area (Å²) in [6.45, 7) is 0. The first-order valence-corrected chi connectivity index (χ1v) is 7.45. The van der Waals surface area contributed by atoms with E-state index in [-0.39, 0.29) is 17.2 Å². The van der Waals surface area contributed by atoms with Gasteiger partial charge in [0.25, 0.3) is 0 Å². The van der Waals surface area contributed by atoms with Gasteiger partial charge in [-0.25, -0.2) is 0 Å². The fourth-order valence-corrected chi connectivity index (χ4v) is 3.70. The average molecular weight is 282 g/mol. The lowest BCUT2D eigenvalue weighted by Crippen LogP contribution is -2.48. The van der Waals surface area contributed by atoms with Crippen molar-refractivity contribution in [1.82, 2.24) is 4.90 Å². The number of nitriles is 1. The second-order valence-electron chi connectivity index (χ2n) is 6.16. The van der Waals surface area contributed by atoms with Crippen LogP contribution in [0.25, 0.3) is 0 Å². The van der Waals surface area contributed by atoms with E-state index < -0.39 is 6.04 Å². The standard InChI is InChI=1S/C17H18N2O2/c18-12-14(13-6-2-1-3-7-13)19-15(20)10-17(11-16(19)21)8-4-5-9-17/h1-3,6-7,14H,4-5,8-11H2. The molecule has 0 N–H and O–H groups in total. The minimum absolute atomic E-state index is 0.124. The first-order chi connectivity index (χ1) is 10.2. The van der Waals surface area contributed by atoms with Gasteiger partial charge in [-0.1, -0.05) is 43.2 Å². The summed E-state index contributed by atoms with van der Waals surface area (Å²) in [6, 6.07) is 10.4. The molecule has 2 amide bonds. The lowest BCUT2D eigenvalue weighted by molar-refractivity contribution is -0.155. The van der Waals surface area contributed by atoms with Gasteiger partial charge in [0.1, 0.15) is 0 Å². The van der Waals surface area contributed by atoms with Crippen LogP contribution >= 0.6 is 0 Å². The van der Waals surface area contributed by atoms with Gasteiger partial charge in [0.15, 0.2) is 6.04 Å². The van der Waals surface area contributed by atoms with E-state index in [1.807, 2.05) is 18.2 Å². The molecule has 1 spiro atoms. The molecule has 1 heterocycles. The largest absolute Gasteiger partial charge is 0.274 e. The van der Waals surface area contributed by atoms with Crippen LogP contribution in [0.2, 0.25) is 0 Å². The van der Waals surface area contributed by atoms with Crippen LogP contribution in [0.3, 0.4) is 0 Å². The SMILES string of the molecule is N#CC(c1ccccc1)N1C(=O)CC2(CCCC2)CC1=O. The van der Waals surface area contributed by atoms with E-state index in [9.17, 15) is 14.9 Å². The molecular formula is C17H18N2O2. The van der Waals surface area contributed by atoms with Crippen molar-refractivity contribution in [3.63, 3.8) is 0 Å². The van der Waals surface area contributed by atoms with Gasteiger partial charge in [-0.15, -0.1) is 0 Å². The molecule has 1 saturated carbocycles. The van der Waals surface area contributed by atoms with Crippen molar-refractivity contribution in [2.45, 2.75) is 44.6 Å². The summed E-state index contributed by atoms with van der Waals surface area (Å²) in [4.78, 5) is 26.2. The number of piperidine rings is 1. The summed E-state index contributed by atoms with van der Waals surface area (Å²) in [7, 11) is 0. The normalized spacial score (nSPS) is 22.3. The van der Waals surface area contributed by atoms with Crippen LogP contribution in [-0.2, 0) is 9.59 Å². The summed E-state index contributed by atoms with van der Waals surface area (Å²) in [5, 5.41) is 9.43. The molecule has 1 aromatic carbocycles. The Hall–Kier alpha value is -2.15. The van der Waals surface area contributed by atoms with Gasteiger partial charge >= 0.3 is 0 Å². The Balaban J connectivity index is 1.87. The third-order valence-electron chi connectivity index (χ3n) is 4.75. The third-order valence-corrected chi connectivity index (χ3v) is 4.75. The first kappa shape index (κ1) is 13.8. The molecule has 21 heavy (non-hydrogen) atoms. The number of amides is 2. The van der Waals surface area contributed by atoms with E-state index in [2.05, 4.69) is 6.07 Å². The number of likely N-dealkylation sites (tertiary alicyclic amines) is 1. The van der Waals surface area contributed by atoms with Gasteiger partial charge in [0.05, 0.1) is 6.07 Å². The highest BCUT2D eigenvalue weighted by Crippen LogP contribution is 2.48. The number of nitrogens with zero attached hydrogens (tertiary/aromatic N) is 2. The summed E-state index contributed by atoms with van der Waals surface area (Å²) in [6.07, 6.45) is 4.93. The third kappa shape index (κ3) is 2.44. The lowest BCUT2D eigenvalue weighted by atomic mass is 9.76. The highest BCUT2D eigenvalue weighted by Gasteiger charge is 2.47. The average Bonchev–Trinajstić information content (AvgIpc) is 2.91. The lowest BCUT2D eigenvalue weighted by Gasteiger charge is -2.38. The second-order valence-corrected chi connectivity index (χ2v) is 6.16. The zero-order valence-electron chi connectivity index (χ0n) is 11.9. The molecule has 1 aliphatic carbocycles. The predicted octanol–water partition coefficient (Wildman–Crippen LogP) is 2.96. The molecular weight excluding hydrogens is 264 g/mol. The molecule has 4 heteroatoms. The molecule has 0 bridgehead atoms. The molecule has 1 aromatic rings. The Morgan fingerprint density at radius 2 is 1.62 bits per heavy atom. The molecule has 2 aliphatic rings. The van der Waals surface area contributed by atoms with Gasteiger partial charge in [0, 0.05) is 12.8 Å². The summed E-state index contributed by atoms with van der Waals surface area (Å²) in [5.41, 5.74) is 0.575. The van der Waals surface area contributed by atoms with E-state index in [1.165, 1.54) is 4.90 Å². The number of benzene rings is 1. The Kier molecular flexibility index (Phi) is 3.50. The minimum atomic E-state index is -0.801. The van der Waals surface area contributed by atoms with Gasteiger partial charge in [0.2, 0.25) is 11.8 Å². The van der Waals surface area contributed by atoms with E-state index in [1.54, 1.807) is 12.1 Å². The zero-order valence-corrected chi connectivity index (χ0v) is 11.9.